The van der Waals surface area contributed by atoms with Crippen LogP contribution in [0.4, 0.5) is 5.69 Å². The highest BCUT2D eigenvalue weighted by Crippen LogP contribution is 2.25. The number of H-pyrrole nitrogens is 1. The number of aryl methyl sites for hydroxylation is 2. The molecule has 0 radical (unpaired) electrons. The molecule has 1 aromatic heterocycles. The van der Waals surface area contributed by atoms with Gasteiger partial charge in [-0.15, -0.1) is 0 Å². The highest BCUT2D eigenvalue weighted by atomic mass is 16.5. The van der Waals surface area contributed by atoms with Gasteiger partial charge in [-0.25, -0.2) is 0 Å². The molecule has 0 fully saturated rings. The van der Waals surface area contributed by atoms with E-state index < -0.39 is 0 Å². The molecule has 1 amide bonds. The number of nitrogens with zero attached hydrogens (tertiary/aromatic N) is 1. The summed E-state index contributed by atoms with van der Waals surface area (Å²) >= 11 is 0. The number of carbonyl (C=O) groups excluding carboxylic acids is 1. The van der Waals surface area contributed by atoms with Crippen molar-refractivity contribution in [2.45, 2.75) is 20.8 Å². The number of hydrogen-bond acceptors (Lipinski definition) is 3. The number of rotatable bonds is 4. The largest absolute Gasteiger partial charge is 0.483 e. The first-order valence-electron chi connectivity index (χ1n) is 7.47. The average molecular weight is 309 g/mol. The van der Waals surface area contributed by atoms with Gasteiger partial charge in [-0.2, -0.15) is 5.10 Å². The Hall–Kier alpha value is -2.82. The molecule has 5 heteroatoms. The van der Waals surface area contributed by atoms with E-state index in [0.29, 0.717) is 5.69 Å². The lowest BCUT2D eigenvalue weighted by Gasteiger charge is -2.14. The third-order valence-corrected chi connectivity index (χ3v) is 3.95. The highest BCUT2D eigenvalue weighted by molar-refractivity contribution is 5.94. The molecule has 118 valence electrons. The predicted octanol–water partition coefficient (Wildman–Crippen LogP) is 3.51. The third-order valence-electron chi connectivity index (χ3n) is 3.95. The Kier molecular flexibility index (Phi) is 4.02. The second-order valence-electron chi connectivity index (χ2n) is 5.66. The molecule has 0 aliphatic carbocycles. The van der Waals surface area contributed by atoms with E-state index in [1.54, 1.807) is 6.20 Å². The molecule has 0 aliphatic heterocycles. The summed E-state index contributed by atoms with van der Waals surface area (Å²) < 4.78 is 5.72. The summed E-state index contributed by atoms with van der Waals surface area (Å²) in [6, 6.07) is 9.66. The number of nitrogens with one attached hydrogen (secondary N) is 2. The van der Waals surface area contributed by atoms with E-state index in [-0.39, 0.29) is 12.5 Å². The van der Waals surface area contributed by atoms with E-state index >= 15 is 0 Å². The second kappa shape index (κ2) is 6.12. The van der Waals surface area contributed by atoms with Gasteiger partial charge in [0.1, 0.15) is 5.75 Å². The van der Waals surface area contributed by atoms with E-state index in [9.17, 15) is 4.79 Å². The molecule has 0 unspecified atom stereocenters. The fourth-order valence-electron chi connectivity index (χ4n) is 2.50. The second-order valence-corrected chi connectivity index (χ2v) is 5.66. The summed E-state index contributed by atoms with van der Waals surface area (Å²) in [5.41, 5.74) is 4.84. The fraction of sp³-hybridized carbons (Fsp3) is 0.222. The zero-order valence-corrected chi connectivity index (χ0v) is 13.4. The molecule has 0 bridgehead atoms. The molecular formula is C18H19N3O2. The Balaban J connectivity index is 1.67. The number of anilines is 1. The number of amides is 1. The molecule has 0 aliphatic rings. The van der Waals surface area contributed by atoms with E-state index in [4.69, 9.17) is 4.74 Å². The highest BCUT2D eigenvalue weighted by Gasteiger charge is 2.10. The van der Waals surface area contributed by atoms with Gasteiger partial charge in [0, 0.05) is 11.1 Å². The van der Waals surface area contributed by atoms with Crippen molar-refractivity contribution in [3.05, 3.63) is 53.2 Å². The van der Waals surface area contributed by atoms with Crippen LogP contribution >= 0.6 is 0 Å². The van der Waals surface area contributed by atoms with Crippen LogP contribution in [0.25, 0.3) is 10.9 Å². The maximum absolute atomic E-state index is 12.1. The Bertz CT molecular complexity index is 868. The van der Waals surface area contributed by atoms with Gasteiger partial charge in [0.05, 0.1) is 11.7 Å². The van der Waals surface area contributed by atoms with Crippen LogP contribution in [0, 0.1) is 20.8 Å². The summed E-state index contributed by atoms with van der Waals surface area (Å²) in [6.45, 7) is 5.99. The molecule has 3 aromatic rings. The Morgan fingerprint density at radius 2 is 1.96 bits per heavy atom. The van der Waals surface area contributed by atoms with E-state index in [1.807, 2.05) is 45.0 Å². The van der Waals surface area contributed by atoms with Gasteiger partial charge in [-0.1, -0.05) is 12.1 Å². The first-order valence-corrected chi connectivity index (χ1v) is 7.47. The van der Waals surface area contributed by atoms with E-state index in [1.165, 1.54) is 0 Å². The lowest BCUT2D eigenvalue weighted by molar-refractivity contribution is -0.118. The average Bonchev–Trinajstić information content (AvgIpc) is 2.99. The van der Waals surface area contributed by atoms with Crippen molar-refractivity contribution in [3.8, 4) is 5.75 Å². The summed E-state index contributed by atoms with van der Waals surface area (Å²) in [5.74, 6) is 0.591. The third kappa shape index (κ3) is 3.18. The van der Waals surface area contributed by atoms with E-state index in [2.05, 4.69) is 21.6 Å². The smallest absolute Gasteiger partial charge is 0.262 e. The number of aromatic amines is 1. The van der Waals surface area contributed by atoms with Crippen molar-refractivity contribution in [1.82, 2.24) is 10.2 Å². The topological polar surface area (TPSA) is 67.0 Å². The van der Waals surface area contributed by atoms with Gasteiger partial charge in [-0.05, 0) is 55.7 Å². The number of carbonyl (C=O) groups is 1. The minimum absolute atomic E-state index is 0.0217. The molecule has 23 heavy (non-hydrogen) atoms. The van der Waals surface area contributed by atoms with E-state index in [0.717, 1.165) is 33.3 Å². The van der Waals surface area contributed by atoms with Crippen LogP contribution in [0.5, 0.6) is 5.75 Å². The first-order chi connectivity index (χ1) is 11.0. The summed E-state index contributed by atoms with van der Waals surface area (Å²) in [6.07, 6.45) is 1.74. The van der Waals surface area contributed by atoms with Crippen molar-refractivity contribution < 1.29 is 9.53 Å². The monoisotopic (exact) mass is 309 g/mol. The standard InChI is InChI=1S/C18H19N3O2/c1-11-4-5-12(2)18(13(11)3)23-10-17(22)20-15-7-6-14-9-19-21-16(14)8-15/h4-9H,10H2,1-3H3,(H,19,21)(H,20,22). The van der Waals surface area contributed by atoms with Gasteiger partial charge in [0.2, 0.25) is 0 Å². The number of benzene rings is 2. The lowest BCUT2D eigenvalue weighted by Crippen LogP contribution is -2.20. The van der Waals surface area contributed by atoms with Crippen LogP contribution in [0.2, 0.25) is 0 Å². The molecule has 3 rings (SSSR count). The summed E-state index contributed by atoms with van der Waals surface area (Å²) in [4.78, 5) is 12.1. The molecule has 2 N–H and O–H groups in total. The SMILES string of the molecule is Cc1ccc(C)c(OCC(=O)Nc2ccc3cn[nH]c3c2)c1C. The molecule has 0 atom stereocenters. The van der Waals surface area contributed by atoms with Crippen molar-refractivity contribution in [3.63, 3.8) is 0 Å². The van der Waals surface area contributed by atoms with Gasteiger partial charge in [0.15, 0.2) is 6.61 Å². The number of hydrogen-bond donors (Lipinski definition) is 2. The van der Waals surface area contributed by atoms with Crippen LogP contribution in [0.1, 0.15) is 16.7 Å². The Labute approximate surface area is 134 Å². The Morgan fingerprint density at radius 1 is 1.17 bits per heavy atom. The Morgan fingerprint density at radius 3 is 2.78 bits per heavy atom. The maximum atomic E-state index is 12.1. The molecule has 0 saturated heterocycles. The molecule has 1 heterocycles. The van der Waals surface area contributed by atoms with Gasteiger partial charge >= 0.3 is 0 Å². The number of aromatic nitrogens is 2. The zero-order chi connectivity index (χ0) is 16.4. The van der Waals surface area contributed by atoms with Crippen molar-refractivity contribution in [2.75, 3.05) is 11.9 Å². The fourth-order valence-corrected chi connectivity index (χ4v) is 2.50. The number of fused-ring (bicyclic) bond motifs is 1. The predicted molar refractivity (Wildman–Crippen MR) is 90.9 cm³/mol. The normalized spacial score (nSPS) is 10.7. The van der Waals surface area contributed by atoms with Crippen LogP contribution in [0.3, 0.4) is 0 Å². The summed E-state index contributed by atoms with van der Waals surface area (Å²) in [7, 11) is 0. The van der Waals surface area contributed by atoms with Crippen molar-refractivity contribution in [2.24, 2.45) is 0 Å². The van der Waals surface area contributed by atoms with Crippen LogP contribution in [0.15, 0.2) is 36.5 Å². The van der Waals surface area contributed by atoms with Crippen molar-refractivity contribution >= 4 is 22.5 Å². The van der Waals surface area contributed by atoms with Gasteiger partial charge < -0.3 is 10.1 Å². The molecule has 5 nitrogen and oxygen atoms in total. The quantitative estimate of drug-likeness (QED) is 0.775. The van der Waals surface area contributed by atoms with Gasteiger partial charge in [0.25, 0.3) is 5.91 Å². The molecule has 0 spiro atoms. The minimum atomic E-state index is -0.191. The molecular weight excluding hydrogens is 290 g/mol. The van der Waals surface area contributed by atoms with Crippen molar-refractivity contribution in [1.29, 1.82) is 0 Å². The molecule has 0 saturated carbocycles. The molecule has 2 aromatic carbocycles. The summed E-state index contributed by atoms with van der Waals surface area (Å²) in [5, 5.41) is 10.7. The first kappa shape index (κ1) is 15.1. The minimum Gasteiger partial charge on any atom is -0.483 e. The lowest BCUT2D eigenvalue weighted by atomic mass is 10.1. The van der Waals surface area contributed by atoms with Crippen LogP contribution in [-0.2, 0) is 4.79 Å². The zero-order valence-electron chi connectivity index (χ0n) is 13.4. The number of ether oxygens (including phenoxy) is 1. The van der Waals surface area contributed by atoms with Crippen LogP contribution in [-0.4, -0.2) is 22.7 Å². The van der Waals surface area contributed by atoms with Crippen LogP contribution < -0.4 is 10.1 Å². The maximum Gasteiger partial charge on any atom is 0.262 e. The van der Waals surface area contributed by atoms with Gasteiger partial charge in [-0.3, -0.25) is 9.89 Å².